The molecule has 19 heavy (non-hydrogen) atoms. The van der Waals surface area contributed by atoms with Crippen molar-refractivity contribution in [2.75, 3.05) is 13.7 Å². The molecule has 0 heterocycles. The zero-order valence-corrected chi connectivity index (χ0v) is 11.9. The number of benzene rings is 1. The zero-order valence-electron chi connectivity index (χ0n) is 11.9. The molecule has 2 N–H and O–H groups in total. The summed E-state index contributed by atoms with van der Waals surface area (Å²) >= 11 is 0. The van der Waals surface area contributed by atoms with Gasteiger partial charge in [-0.25, -0.2) is 0 Å². The Hall–Kier alpha value is -1.50. The van der Waals surface area contributed by atoms with Crippen molar-refractivity contribution in [3.8, 4) is 18.1 Å². The average molecular weight is 261 g/mol. The molecule has 0 saturated heterocycles. The molecular formula is C16H23NO2. The number of hydrogen-bond donors (Lipinski definition) is 2. The number of ether oxygens (including phenoxy) is 1. The fourth-order valence-corrected chi connectivity index (χ4v) is 2.01. The monoisotopic (exact) mass is 261 g/mol. The molecular weight excluding hydrogens is 238 g/mol. The maximum absolute atomic E-state index is 10.3. The van der Waals surface area contributed by atoms with Crippen LogP contribution in [0, 0.1) is 19.3 Å². The third-order valence-electron chi connectivity index (χ3n) is 3.08. The van der Waals surface area contributed by atoms with Gasteiger partial charge in [-0.2, -0.15) is 0 Å². The first-order valence-electron chi connectivity index (χ1n) is 6.64. The van der Waals surface area contributed by atoms with E-state index in [1.165, 1.54) is 0 Å². The lowest BCUT2D eigenvalue weighted by molar-refractivity contribution is 0.168. The van der Waals surface area contributed by atoms with Gasteiger partial charge in [0.1, 0.15) is 5.75 Å². The molecule has 104 valence electrons. The van der Waals surface area contributed by atoms with Crippen LogP contribution in [0.15, 0.2) is 18.2 Å². The van der Waals surface area contributed by atoms with Gasteiger partial charge in [0, 0.05) is 12.1 Å². The SMILES string of the molecule is C#CC(CCC)NCC(O)c1cc(C)ccc1OC. The Kier molecular flexibility index (Phi) is 6.41. The second kappa shape index (κ2) is 7.83. The van der Waals surface area contributed by atoms with Crippen molar-refractivity contribution in [2.45, 2.75) is 38.8 Å². The van der Waals surface area contributed by atoms with Crippen molar-refractivity contribution in [3.05, 3.63) is 29.3 Å². The van der Waals surface area contributed by atoms with E-state index in [1.807, 2.05) is 25.1 Å². The number of hydrogen-bond acceptors (Lipinski definition) is 3. The summed E-state index contributed by atoms with van der Waals surface area (Å²) in [6.45, 7) is 4.51. The maximum Gasteiger partial charge on any atom is 0.124 e. The summed E-state index contributed by atoms with van der Waals surface area (Å²) in [6, 6.07) is 5.79. The predicted molar refractivity (Wildman–Crippen MR) is 78.2 cm³/mol. The number of aryl methyl sites for hydroxylation is 1. The van der Waals surface area contributed by atoms with Gasteiger partial charge in [0.25, 0.3) is 0 Å². The van der Waals surface area contributed by atoms with Gasteiger partial charge in [-0.1, -0.05) is 30.9 Å². The van der Waals surface area contributed by atoms with Crippen LogP contribution in [-0.2, 0) is 0 Å². The van der Waals surface area contributed by atoms with E-state index >= 15 is 0 Å². The average Bonchev–Trinajstić information content (AvgIpc) is 2.43. The lowest BCUT2D eigenvalue weighted by atomic mass is 10.0. The number of terminal acetylenes is 1. The molecule has 0 saturated carbocycles. The van der Waals surface area contributed by atoms with Crippen LogP contribution in [0.2, 0.25) is 0 Å². The summed E-state index contributed by atoms with van der Waals surface area (Å²) in [5, 5.41) is 13.5. The van der Waals surface area contributed by atoms with Crippen LogP contribution in [0.1, 0.15) is 37.0 Å². The molecule has 0 aliphatic rings. The highest BCUT2D eigenvalue weighted by molar-refractivity contribution is 5.38. The Morgan fingerprint density at radius 3 is 2.79 bits per heavy atom. The fraction of sp³-hybridized carbons (Fsp3) is 0.500. The number of rotatable bonds is 7. The quantitative estimate of drug-likeness (QED) is 0.741. The first-order chi connectivity index (χ1) is 9.12. The lowest BCUT2D eigenvalue weighted by Crippen LogP contribution is -2.31. The fourth-order valence-electron chi connectivity index (χ4n) is 2.01. The second-order valence-electron chi connectivity index (χ2n) is 4.68. The van der Waals surface area contributed by atoms with E-state index in [9.17, 15) is 5.11 Å². The first-order valence-corrected chi connectivity index (χ1v) is 6.64. The van der Waals surface area contributed by atoms with Gasteiger partial charge in [-0.15, -0.1) is 6.42 Å². The molecule has 1 rings (SSSR count). The topological polar surface area (TPSA) is 41.5 Å². The van der Waals surface area contributed by atoms with Crippen LogP contribution in [0.3, 0.4) is 0 Å². The molecule has 0 aliphatic heterocycles. The van der Waals surface area contributed by atoms with Crippen molar-refractivity contribution >= 4 is 0 Å². The van der Waals surface area contributed by atoms with Gasteiger partial charge in [0.05, 0.1) is 19.3 Å². The van der Waals surface area contributed by atoms with Crippen molar-refractivity contribution in [3.63, 3.8) is 0 Å². The minimum Gasteiger partial charge on any atom is -0.496 e. The van der Waals surface area contributed by atoms with Gasteiger partial charge < -0.3 is 15.2 Å². The summed E-state index contributed by atoms with van der Waals surface area (Å²) in [4.78, 5) is 0. The molecule has 3 heteroatoms. The molecule has 1 aromatic rings. The zero-order chi connectivity index (χ0) is 14.3. The highest BCUT2D eigenvalue weighted by atomic mass is 16.5. The minimum atomic E-state index is -0.623. The summed E-state index contributed by atoms with van der Waals surface area (Å²) < 4.78 is 5.27. The Bertz CT molecular complexity index is 437. The number of methoxy groups -OCH3 is 1. The third-order valence-corrected chi connectivity index (χ3v) is 3.08. The molecule has 1 aromatic carbocycles. The van der Waals surface area contributed by atoms with E-state index < -0.39 is 6.10 Å². The van der Waals surface area contributed by atoms with E-state index in [4.69, 9.17) is 11.2 Å². The van der Waals surface area contributed by atoms with E-state index in [-0.39, 0.29) is 6.04 Å². The van der Waals surface area contributed by atoms with E-state index in [2.05, 4.69) is 18.2 Å². The van der Waals surface area contributed by atoms with Crippen molar-refractivity contribution < 1.29 is 9.84 Å². The number of aliphatic hydroxyl groups is 1. The molecule has 0 bridgehead atoms. The maximum atomic E-state index is 10.3. The lowest BCUT2D eigenvalue weighted by Gasteiger charge is -2.18. The van der Waals surface area contributed by atoms with Gasteiger partial charge in [0.15, 0.2) is 0 Å². The van der Waals surface area contributed by atoms with Gasteiger partial charge >= 0.3 is 0 Å². The minimum absolute atomic E-state index is 0.00968. The molecule has 2 unspecified atom stereocenters. The Balaban J connectivity index is 2.70. The van der Waals surface area contributed by atoms with E-state index in [0.29, 0.717) is 12.3 Å². The normalized spacial score (nSPS) is 13.6. The second-order valence-corrected chi connectivity index (χ2v) is 4.68. The smallest absolute Gasteiger partial charge is 0.124 e. The molecule has 0 radical (unpaired) electrons. The van der Waals surface area contributed by atoms with E-state index in [1.54, 1.807) is 7.11 Å². The summed E-state index contributed by atoms with van der Waals surface area (Å²) in [5.74, 6) is 3.40. The van der Waals surface area contributed by atoms with Crippen molar-refractivity contribution in [2.24, 2.45) is 0 Å². The van der Waals surface area contributed by atoms with Crippen LogP contribution >= 0.6 is 0 Å². The molecule has 0 aliphatic carbocycles. The Morgan fingerprint density at radius 1 is 1.47 bits per heavy atom. The van der Waals surface area contributed by atoms with Crippen LogP contribution in [0.4, 0.5) is 0 Å². The summed E-state index contributed by atoms with van der Waals surface area (Å²) in [6.07, 6.45) is 6.75. The van der Waals surface area contributed by atoms with Crippen LogP contribution in [0.5, 0.6) is 5.75 Å². The summed E-state index contributed by atoms with van der Waals surface area (Å²) in [5.41, 5.74) is 1.89. The number of aliphatic hydroxyl groups excluding tert-OH is 1. The number of nitrogens with one attached hydrogen (secondary N) is 1. The molecule has 0 aromatic heterocycles. The third kappa shape index (κ3) is 4.59. The standard InChI is InChI=1S/C16H23NO2/c1-5-7-13(6-2)17-11-15(18)14-10-12(3)8-9-16(14)19-4/h2,8-10,13,15,17-18H,5,7,11H2,1,3-4H3. The molecule has 0 fully saturated rings. The molecule has 0 amide bonds. The van der Waals surface area contributed by atoms with Crippen LogP contribution in [-0.4, -0.2) is 24.8 Å². The van der Waals surface area contributed by atoms with Crippen molar-refractivity contribution in [1.82, 2.24) is 5.32 Å². The Labute approximate surface area is 116 Å². The van der Waals surface area contributed by atoms with Gasteiger partial charge in [-0.3, -0.25) is 0 Å². The first kappa shape index (κ1) is 15.6. The van der Waals surface area contributed by atoms with Crippen LogP contribution < -0.4 is 10.1 Å². The largest absolute Gasteiger partial charge is 0.496 e. The van der Waals surface area contributed by atoms with Gasteiger partial charge in [-0.05, 0) is 25.5 Å². The van der Waals surface area contributed by atoms with E-state index in [0.717, 1.165) is 24.0 Å². The highest BCUT2D eigenvalue weighted by Crippen LogP contribution is 2.25. The van der Waals surface area contributed by atoms with Crippen LogP contribution in [0.25, 0.3) is 0 Å². The molecule has 2 atom stereocenters. The Morgan fingerprint density at radius 2 is 2.21 bits per heavy atom. The highest BCUT2D eigenvalue weighted by Gasteiger charge is 2.14. The van der Waals surface area contributed by atoms with Crippen molar-refractivity contribution in [1.29, 1.82) is 0 Å². The molecule has 0 spiro atoms. The summed E-state index contributed by atoms with van der Waals surface area (Å²) in [7, 11) is 1.61. The van der Waals surface area contributed by atoms with Gasteiger partial charge in [0.2, 0.25) is 0 Å². The molecule has 3 nitrogen and oxygen atoms in total. The predicted octanol–water partition coefficient (Wildman–Crippen LogP) is 2.43.